The molecule has 0 aliphatic heterocycles. The Bertz CT molecular complexity index is 750. The molecule has 1 aromatic heterocycles. The first kappa shape index (κ1) is 13.6. The smallest absolute Gasteiger partial charge is 0.128 e. The second kappa shape index (κ2) is 5.94. The van der Waals surface area contributed by atoms with Gasteiger partial charge in [0.2, 0.25) is 0 Å². The molecular formula is C18H17NO2. The molecule has 0 spiro atoms. The van der Waals surface area contributed by atoms with E-state index in [1.807, 2.05) is 61.5 Å². The molecule has 0 fully saturated rings. The van der Waals surface area contributed by atoms with Gasteiger partial charge in [0.25, 0.3) is 0 Å². The van der Waals surface area contributed by atoms with E-state index < -0.39 is 6.10 Å². The average Bonchev–Trinajstić information content (AvgIpc) is 2.53. The molecule has 0 amide bonds. The highest BCUT2D eigenvalue weighted by atomic mass is 16.5. The quantitative estimate of drug-likeness (QED) is 0.792. The summed E-state index contributed by atoms with van der Waals surface area (Å²) in [5, 5.41) is 11.2. The fourth-order valence-electron chi connectivity index (χ4n) is 2.42. The maximum atomic E-state index is 10.3. The van der Waals surface area contributed by atoms with Gasteiger partial charge >= 0.3 is 0 Å². The van der Waals surface area contributed by atoms with Gasteiger partial charge in [-0.05, 0) is 42.3 Å². The number of pyridine rings is 1. The third-order valence-corrected chi connectivity index (χ3v) is 3.55. The molecule has 2 aromatic carbocycles. The molecule has 1 heterocycles. The molecule has 3 heteroatoms. The highest BCUT2D eigenvalue weighted by Gasteiger charge is 2.11. The van der Waals surface area contributed by atoms with Crippen LogP contribution in [0, 0.1) is 6.92 Å². The largest absolute Gasteiger partial charge is 0.490 e. The van der Waals surface area contributed by atoms with Gasteiger partial charge in [-0.1, -0.05) is 30.3 Å². The number of benzene rings is 2. The summed E-state index contributed by atoms with van der Waals surface area (Å²) in [6, 6.07) is 17.4. The van der Waals surface area contributed by atoms with Gasteiger partial charge in [-0.3, -0.25) is 4.98 Å². The Labute approximate surface area is 123 Å². The van der Waals surface area contributed by atoms with Gasteiger partial charge in [0, 0.05) is 11.6 Å². The van der Waals surface area contributed by atoms with E-state index in [1.54, 1.807) is 6.20 Å². The van der Waals surface area contributed by atoms with Crippen LogP contribution in [0.3, 0.4) is 0 Å². The van der Waals surface area contributed by atoms with E-state index in [2.05, 4.69) is 4.98 Å². The summed E-state index contributed by atoms with van der Waals surface area (Å²) in [5.41, 5.74) is 2.85. The first-order valence-corrected chi connectivity index (χ1v) is 6.96. The Morgan fingerprint density at radius 3 is 2.76 bits per heavy atom. The third-order valence-electron chi connectivity index (χ3n) is 3.55. The molecule has 0 saturated heterocycles. The highest BCUT2D eigenvalue weighted by molar-refractivity contribution is 5.84. The lowest BCUT2D eigenvalue weighted by molar-refractivity contribution is 0.108. The van der Waals surface area contributed by atoms with Crippen LogP contribution < -0.4 is 4.74 Å². The lowest BCUT2D eigenvalue weighted by Gasteiger charge is -2.15. The first-order valence-electron chi connectivity index (χ1n) is 6.96. The van der Waals surface area contributed by atoms with Crippen LogP contribution in [-0.4, -0.2) is 16.7 Å². The maximum absolute atomic E-state index is 10.3. The Morgan fingerprint density at radius 2 is 1.90 bits per heavy atom. The van der Waals surface area contributed by atoms with Crippen molar-refractivity contribution >= 4 is 10.9 Å². The van der Waals surface area contributed by atoms with Gasteiger partial charge in [-0.15, -0.1) is 0 Å². The summed E-state index contributed by atoms with van der Waals surface area (Å²) < 4.78 is 5.80. The van der Waals surface area contributed by atoms with E-state index in [0.29, 0.717) is 0 Å². The molecule has 1 unspecified atom stereocenters. The second-order valence-corrected chi connectivity index (χ2v) is 5.01. The number of aryl methyl sites for hydroxylation is 1. The molecule has 3 rings (SSSR count). The van der Waals surface area contributed by atoms with Crippen LogP contribution in [0.15, 0.2) is 60.8 Å². The predicted molar refractivity (Wildman–Crippen MR) is 83.4 cm³/mol. The van der Waals surface area contributed by atoms with Crippen molar-refractivity contribution in [3.8, 4) is 5.75 Å². The number of rotatable bonds is 4. The molecular weight excluding hydrogens is 262 g/mol. The molecule has 0 aliphatic rings. The summed E-state index contributed by atoms with van der Waals surface area (Å²) in [5.74, 6) is 0.744. The molecule has 3 aromatic rings. The average molecular weight is 279 g/mol. The summed E-state index contributed by atoms with van der Waals surface area (Å²) in [7, 11) is 0. The van der Waals surface area contributed by atoms with Gasteiger partial charge < -0.3 is 9.84 Å². The van der Waals surface area contributed by atoms with E-state index in [1.165, 1.54) is 0 Å². The van der Waals surface area contributed by atoms with Gasteiger partial charge in [0.1, 0.15) is 18.5 Å². The lowest BCUT2D eigenvalue weighted by atomic mass is 10.0. The van der Waals surface area contributed by atoms with Crippen LogP contribution in [0.4, 0.5) is 0 Å². The molecule has 21 heavy (non-hydrogen) atoms. The number of aliphatic hydroxyl groups excluding tert-OH is 1. The number of ether oxygens (including phenoxy) is 1. The van der Waals surface area contributed by atoms with Gasteiger partial charge in [-0.2, -0.15) is 0 Å². The minimum Gasteiger partial charge on any atom is -0.490 e. The predicted octanol–water partition coefficient (Wildman–Crippen LogP) is 3.66. The van der Waals surface area contributed by atoms with Gasteiger partial charge in [0.15, 0.2) is 0 Å². The summed E-state index contributed by atoms with van der Waals surface area (Å²) in [6.07, 6.45) is 1.12. The maximum Gasteiger partial charge on any atom is 0.128 e. The van der Waals surface area contributed by atoms with Crippen molar-refractivity contribution in [1.29, 1.82) is 0 Å². The highest BCUT2D eigenvalue weighted by Crippen LogP contribution is 2.25. The Balaban J connectivity index is 1.79. The number of aromatic nitrogens is 1. The topological polar surface area (TPSA) is 42.4 Å². The minimum atomic E-state index is -0.641. The lowest BCUT2D eigenvalue weighted by Crippen LogP contribution is -2.11. The summed E-state index contributed by atoms with van der Waals surface area (Å²) >= 11 is 0. The van der Waals surface area contributed by atoms with Crippen molar-refractivity contribution in [2.75, 3.05) is 6.61 Å². The fraction of sp³-hybridized carbons (Fsp3) is 0.167. The molecule has 0 radical (unpaired) electrons. The van der Waals surface area contributed by atoms with Crippen molar-refractivity contribution in [2.45, 2.75) is 13.0 Å². The van der Waals surface area contributed by atoms with Crippen molar-refractivity contribution in [3.05, 3.63) is 71.9 Å². The Kier molecular flexibility index (Phi) is 3.84. The molecule has 1 N–H and O–H groups in total. The summed E-state index contributed by atoms with van der Waals surface area (Å²) in [6.45, 7) is 2.21. The first-order chi connectivity index (χ1) is 10.3. The van der Waals surface area contributed by atoms with Crippen LogP contribution in [0.1, 0.15) is 17.2 Å². The van der Waals surface area contributed by atoms with Crippen molar-refractivity contribution in [3.63, 3.8) is 0 Å². The summed E-state index contributed by atoms with van der Waals surface area (Å²) in [4.78, 5) is 4.30. The van der Waals surface area contributed by atoms with Crippen LogP contribution in [0.5, 0.6) is 5.75 Å². The Morgan fingerprint density at radius 1 is 1.05 bits per heavy atom. The number of nitrogens with zero attached hydrogens (tertiary/aromatic N) is 1. The van der Waals surface area contributed by atoms with E-state index >= 15 is 0 Å². The standard InChI is InChI=1S/C18H17NO2/c1-13-6-2-3-7-14(13)17(20)12-21-18-10-4-9-16-15(18)8-5-11-19-16/h2-11,17,20H,12H2,1H3. The zero-order valence-corrected chi connectivity index (χ0v) is 11.9. The van der Waals surface area contributed by atoms with E-state index in [9.17, 15) is 5.11 Å². The number of fused-ring (bicyclic) bond motifs is 1. The zero-order chi connectivity index (χ0) is 14.7. The molecule has 106 valence electrons. The van der Waals surface area contributed by atoms with E-state index in [-0.39, 0.29) is 6.61 Å². The Hall–Kier alpha value is -2.39. The third kappa shape index (κ3) is 2.88. The molecule has 0 aliphatic carbocycles. The monoisotopic (exact) mass is 279 g/mol. The van der Waals surface area contributed by atoms with Crippen LogP contribution in [0.2, 0.25) is 0 Å². The SMILES string of the molecule is Cc1ccccc1C(O)COc1cccc2ncccc12. The van der Waals surface area contributed by atoms with E-state index in [4.69, 9.17) is 4.74 Å². The van der Waals surface area contributed by atoms with Gasteiger partial charge in [-0.25, -0.2) is 0 Å². The fourth-order valence-corrected chi connectivity index (χ4v) is 2.42. The zero-order valence-electron chi connectivity index (χ0n) is 11.9. The number of hydrogen-bond acceptors (Lipinski definition) is 3. The van der Waals surface area contributed by atoms with Crippen LogP contribution >= 0.6 is 0 Å². The molecule has 3 nitrogen and oxygen atoms in total. The molecule has 1 atom stereocenters. The number of aliphatic hydroxyl groups is 1. The van der Waals surface area contributed by atoms with Crippen LogP contribution in [0.25, 0.3) is 10.9 Å². The second-order valence-electron chi connectivity index (χ2n) is 5.01. The minimum absolute atomic E-state index is 0.221. The normalized spacial score (nSPS) is 12.3. The molecule has 0 saturated carbocycles. The van der Waals surface area contributed by atoms with Crippen molar-refractivity contribution in [1.82, 2.24) is 4.98 Å². The van der Waals surface area contributed by atoms with E-state index in [0.717, 1.165) is 27.8 Å². The number of hydrogen-bond donors (Lipinski definition) is 1. The van der Waals surface area contributed by atoms with Gasteiger partial charge in [0.05, 0.1) is 5.52 Å². The van der Waals surface area contributed by atoms with Crippen molar-refractivity contribution in [2.24, 2.45) is 0 Å². The van der Waals surface area contributed by atoms with Crippen molar-refractivity contribution < 1.29 is 9.84 Å². The van der Waals surface area contributed by atoms with Crippen LogP contribution in [-0.2, 0) is 0 Å². The molecule has 0 bridgehead atoms.